The molecule has 5 nitrogen and oxygen atoms in total. The van der Waals surface area contributed by atoms with Crippen LogP contribution < -0.4 is 10.6 Å². The van der Waals surface area contributed by atoms with Crippen molar-refractivity contribution in [3.8, 4) is 0 Å². The molecule has 4 rings (SSSR count). The van der Waals surface area contributed by atoms with Gasteiger partial charge < -0.3 is 10.6 Å². The molecule has 0 saturated heterocycles. The van der Waals surface area contributed by atoms with Crippen LogP contribution in [0.4, 0.5) is 21.0 Å². The lowest BCUT2D eigenvalue weighted by atomic mass is 10.2. The Morgan fingerprint density at radius 2 is 2.08 bits per heavy atom. The fraction of sp³-hybridized carbons (Fsp3) is 0.235. The summed E-state index contributed by atoms with van der Waals surface area (Å²) in [6.45, 7) is 1.72. The van der Waals surface area contributed by atoms with Gasteiger partial charge in [0.25, 0.3) is 0 Å². The Bertz CT molecular complexity index is 935. The molecule has 0 radical (unpaired) electrons. The van der Waals surface area contributed by atoms with Crippen molar-refractivity contribution in [2.45, 2.75) is 19.8 Å². The number of amides is 1. The van der Waals surface area contributed by atoms with E-state index in [1.54, 1.807) is 25.1 Å². The number of rotatable bonds is 4. The Hall–Kier alpha value is -2.54. The van der Waals surface area contributed by atoms with Crippen molar-refractivity contribution in [2.24, 2.45) is 5.92 Å². The van der Waals surface area contributed by atoms with Crippen molar-refractivity contribution < 1.29 is 9.18 Å². The fourth-order valence-corrected chi connectivity index (χ4v) is 3.15. The maximum atomic E-state index is 13.6. The van der Waals surface area contributed by atoms with Gasteiger partial charge >= 0.3 is 0 Å². The molecule has 122 valence electrons. The predicted octanol–water partition coefficient (Wildman–Crippen LogP) is 4.23. The van der Waals surface area contributed by atoms with Gasteiger partial charge in [-0.05, 0) is 49.6 Å². The summed E-state index contributed by atoms with van der Waals surface area (Å²) in [5, 5.41) is 6.48. The van der Waals surface area contributed by atoms with Crippen LogP contribution in [-0.4, -0.2) is 15.9 Å². The summed E-state index contributed by atoms with van der Waals surface area (Å²) in [6.07, 6.45) is 1.91. The van der Waals surface area contributed by atoms with Gasteiger partial charge in [-0.2, -0.15) is 0 Å². The highest BCUT2D eigenvalue weighted by atomic mass is 32.1. The molecule has 0 bridgehead atoms. The summed E-state index contributed by atoms with van der Waals surface area (Å²) in [5.74, 6) is 0.514. The zero-order valence-corrected chi connectivity index (χ0v) is 13.8. The Balaban J connectivity index is 1.55. The maximum Gasteiger partial charge on any atom is 0.229 e. The lowest BCUT2D eigenvalue weighted by Crippen LogP contribution is -2.12. The second-order valence-corrected chi connectivity index (χ2v) is 6.87. The second kappa shape index (κ2) is 5.83. The van der Waals surface area contributed by atoms with Crippen molar-refractivity contribution in [3.05, 3.63) is 41.7 Å². The number of hydrogen-bond acceptors (Lipinski definition) is 5. The topological polar surface area (TPSA) is 66.9 Å². The van der Waals surface area contributed by atoms with Gasteiger partial charge in [0.1, 0.15) is 22.0 Å². The van der Waals surface area contributed by atoms with E-state index in [1.807, 2.05) is 6.07 Å². The lowest BCUT2D eigenvalue weighted by molar-refractivity contribution is -0.117. The third-order valence-corrected chi connectivity index (χ3v) is 4.76. The second-order valence-electron chi connectivity index (χ2n) is 5.89. The van der Waals surface area contributed by atoms with Crippen LogP contribution in [0.25, 0.3) is 10.3 Å². The molecule has 0 aliphatic heterocycles. The van der Waals surface area contributed by atoms with Gasteiger partial charge in [-0.3, -0.25) is 4.79 Å². The number of nitrogens with zero attached hydrogens (tertiary/aromatic N) is 2. The van der Waals surface area contributed by atoms with Crippen molar-refractivity contribution in [1.29, 1.82) is 0 Å². The molecule has 24 heavy (non-hydrogen) atoms. The molecule has 2 aromatic heterocycles. The molecule has 1 aliphatic rings. The zero-order chi connectivity index (χ0) is 16.7. The molecule has 2 N–H and O–H groups in total. The van der Waals surface area contributed by atoms with Crippen molar-refractivity contribution in [2.75, 3.05) is 10.6 Å². The van der Waals surface area contributed by atoms with Crippen LogP contribution in [0.5, 0.6) is 0 Å². The number of anilines is 3. The molecule has 3 aromatic rings. The Morgan fingerprint density at radius 1 is 1.25 bits per heavy atom. The summed E-state index contributed by atoms with van der Waals surface area (Å²) in [7, 11) is 0. The molecular weight excluding hydrogens is 327 g/mol. The highest BCUT2D eigenvalue weighted by Gasteiger charge is 2.30. The monoisotopic (exact) mass is 342 g/mol. The van der Waals surface area contributed by atoms with E-state index in [9.17, 15) is 9.18 Å². The van der Waals surface area contributed by atoms with Crippen LogP contribution >= 0.6 is 11.3 Å². The Labute approximate surface area is 141 Å². The quantitative estimate of drug-likeness (QED) is 0.744. The number of thiazole rings is 1. The van der Waals surface area contributed by atoms with E-state index >= 15 is 0 Å². The van der Waals surface area contributed by atoms with Gasteiger partial charge in [-0.25, -0.2) is 14.4 Å². The SMILES string of the molecule is Cc1ccc(Nc2ccc3nc(NC(=O)C4CC4)sc3n2)cc1F. The molecule has 0 spiro atoms. The Kier molecular flexibility index (Phi) is 3.65. The minimum atomic E-state index is -0.260. The fourth-order valence-electron chi connectivity index (χ4n) is 2.31. The Morgan fingerprint density at radius 3 is 2.83 bits per heavy atom. The summed E-state index contributed by atoms with van der Waals surface area (Å²) in [4.78, 5) is 21.4. The first-order chi connectivity index (χ1) is 11.6. The number of benzene rings is 1. The number of carbonyl (C=O) groups is 1. The smallest absolute Gasteiger partial charge is 0.229 e. The number of pyridine rings is 1. The predicted molar refractivity (Wildman–Crippen MR) is 93.2 cm³/mol. The van der Waals surface area contributed by atoms with Crippen molar-refractivity contribution in [1.82, 2.24) is 9.97 Å². The van der Waals surface area contributed by atoms with Crippen LogP contribution in [0.2, 0.25) is 0 Å². The van der Waals surface area contributed by atoms with Crippen LogP contribution in [0.1, 0.15) is 18.4 Å². The van der Waals surface area contributed by atoms with Crippen LogP contribution in [0, 0.1) is 18.7 Å². The number of halogens is 1. The number of carbonyl (C=O) groups excluding carboxylic acids is 1. The maximum absolute atomic E-state index is 13.6. The largest absolute Gasteiger partial charge is 0.340 e. The average Bonchev–Trinajstić information content (AvgIpc) is 3.32. The first kappa shape index (κ1) is 15.0. The molecular formula is C17H15FN4OS. The van der Waals surface area contributed by atoms with Crippen molar-refractivity contribution in [3.63, 3.8) is 0 Å². The number of aromatic nitrogens is 2. The van der Waals surface area contributed by atoms with Crippen LogP contribution in [-0.2, 0) is 4.79 Å². The van der Waals surface area contributed by atoms with E-state index < -0.39 is 0 Å². The zero-order valence-electron chi connectivity index (χ0n) is 13.0. The van der Waals surface area contributed by atoms with E-state index in [0.717, 1.165) is 23.2 Å². The summed E-state index contributed by atoms with van der Waals surface area (Å²) in [6, 6.07) is 8.58. The van der Waals surface area contributed by atoms with Gasteiger partial charge in [0.05, 0.1) is 0 Å². The third-order valence-electron chi connectivity index (χ3n) is 3.88. The third kappa shape index (κ3) is 3.07. The molecule has 0 atom stereocenters. The molecule has 1 amide bonds. The molecule has 7 heteroatoms. The number of aryl methyl sites for hydroxylation is 1. The first-order valence-electron chi connectivity index (χ1n) is 7.70. The minimum Gasteiger partial charge on any atom is -0.340 e. The molecule has 2 heterocycles. The van der Waals surface area contributed by atoms with E-state index in [4.69, 9.17) is 0 Å². The van der Waals surface area contributed by atoms with Crippen LogP contribution in [0.15, 0.2) is 30.3 Å². The van der Waals surface area contributed by atoms with Gasteiger partial charge in [-0.1, -0.05) is 17.4 Å². The molecule has 0 unspecified atom stereocenters. The van der Waals surface area contributed by atoms with Crippen molar-refractivity contribution >= 4 is 44.2 Å². The highest BCUT2D eigenvalue weighted by molar-refractivity contribution is 7.22. The number of fused-ring (bicyclic) bond motifs is 1. The molecule has 1 saturated carbocycles. The van der Waals surface area contributed by atoms with Gasteiger partial charge in [0.2, 0.25) is 5.91 Å². The highest BCUT2D eigenvalue weighted by Crippen LogP contribution is 2.32. The average molecular weight is 342 g/mol. The van der Waals surface area contributed by atoms with E-state index in [1.165, 1.54) is 17.4 Å². The van der Waals surface area contributed by atoms with E-state index in [2.05, 4.69) is 20.6 Å². The molecule has 1 aliphatic carbocycles. The van der Waals surface area contributed by atoms with Gasteiger partial charge in [0, 0.05) is 11.6 Å². The van der Waals surface area contributed by atoms with E-state index in [-0.39, 0.29) is 17.6 Å². The first-order valence-corrected chi connectivity index (χ1v) is 8.52. The minimum absolute atomic E-state index is 0.0301. The lowest BCUT2D eigenvalue weighted by Gasteiger charge is -2.06. The van der Waals surface area contributed by atoms with E-state index in [0.29, 0.717) is 22.2 Å². The molecule has 1 aromatic carbocycles. The normalized spacial score (nSPS) is 13.9. The standard InChI is InChI=1S/C17H15FN4OS/c1-9-2-5-11(8-12(9)18)19-14-7-6-13-16(21-14)24-17(20-13)22-15(23)10-3-4-10/h2,5-8,10H,3-4H2,1H3,(H,19,21)(H,20,22,23). The summed E-state index contributed by atoms with van der Waals surface area (Å²) < 4.78 is 13.6. The van der Waals surface area contributed by atoms with Gasteiger partial charge in [0.15, 0.2) is 5.13 Å². The number of nitrogens with one attached hydrogen (secondary N) is 2. The molecule has 1 fully saturated rings. The van der Waals surface area contributed by atoms with Crippen LogP contribution in [0.3, 0.4) is 0 Å². The summed E-state index contributed by atoms with van der Waals surface area (Å²) in [5.41, 5.74) is 1.96. The number of hydrogen-bond donors (Lipinski definition) is 2. The summed E-state index contributed by atoms with van der Waals surface area (Å²) >= 11 is 1.33. The van der Waals surface area contributed by atoms with Gasteiger partial charge in [-0.15, -0.1) is 0 Å².